The summed E-state index contributed by atoms with van der Waals surface area (Å²) in [4.78, 5) is 31.0. The first kappa shape index (κ1) is 23.8. The number of rotatable bonds is 8. The van der Waals surface area contributed by atoms with Crippen molar-refractivity contribution in [2.75, 3.05) is 19.8 Å². The molecule has 0 saturated carbocycles. The number of amides is 2. The minimum Gasteiger partial charge on any atom is -0.484 e. The van der Waals surface area contributed by atoms with E-state index < -0.39 is 0 Å². The molecule has 0 aliphatic carbocycles. The van der Waals surface area contributed by atoms with E-state index in [2.05, 4.69) is 19.9 Å². The highest BCUT2D eigenvalue weighted by Crippen LogP contribution is 2.24. The number of likely N-dealkylation sites (tertiary alicyclic amines) is 1. The molecule has 2 amide bonds. The minimum atomic E-state index is -0.0162. The van der Waals surface area contributed by atoms with E-state index in [0.717, 1.165) is 37.2 Å². The summed E-state index contributed by atoms with van der Waals surface area (Å²) in [5, 5.41) is 2.03. The van der Waals surface area contributed by atoms with Gasteiger partial charge in [-0.1, -0.05) is 6.07 Å². The SMILES string of the molecule is CC1CCCC(C)N1C(=O)COc1ccc(C(=O)N(Cc2cccs2)CC2CCCO2)cc1. The number of benzene rings is 1. The second kappa shape index (κ2) is 11.2. The van der Waals surface area contributed by atoms with E-state index in [9.17, 15) is 9.59 Å². The zero-order valence-corrected chi connectivity index (χ0v) is 20.4. The van der Waals surface area contributed by atoms with Crippen molar-refractivity contribution in [3.8, 4) is 5.75 Å². The Bertz CT molecular complexity index is 899. The smallest absolute Gasteiger partial charge is 0.260 e. The van der Waals surface area contributed by atoms with Crippen molar-refractivity contribution in [3.05, 3.63) is 52.2 Å². The number of hydrogen-bond donors (Lipinski definition) is 0. The number of ether oxygens (including phenoxy) is 2. The maximum absolute atomic E-state index is 13.3. The predicted octanol–water partition coefficient (Wildman–Crippen LogP) is 4.74. The van der Waals surface area contributed by atoms with Crippen molar-refractivity contribution >= 4 is 23.2 Å². The Balaban J connectivity index is 1.37. The zero-order valence-electron chi connectivity index (χ0n) is 19.6. The Morgan fingerprint density at radius 1 is 1.09 bits per heavy atom. The van der Waals surface area contributed by atoms with Gasteiger partial charge in [-0.05, 0) is 81.7 Å². The maximum atomic E-state index is 13.3. The molecular weight excluding hydrogens is 436 g/mol. The van der Waals surface area contributed by atoms with Gasteiger partial charge in [-0.2, -0.15) is 0 Å². The fourth-order valence-corrected chi connectivity index (χ4v) is 5.57. The molecule has 33 heavy (non-hydrogen) atoms. The Labute approximate surface area is 200 Å². The lowest BCUT2D eigenvalue weighted by molar-refractivity contribution is -0.139. The molecule has 2 fully saturated rings. The van der Waals surface area contributed by atoms with Gasteiger partial charge in [0.25, 0.3) is 11.8 Å². The van der Waals surface area contributed by atoms with E-state index in [1.54, 1.807) is 35.6 Å². The highest BCUT2D eigenvalue weighted by atomic mass is 32.1. The number of carbonyl (C=O) groups excluding carboxylic acids is 2. The van der Waals surface area contributed by atoms with Gasteiger partial charge in [0.05, 0.1) is 12.6 Å². The van der Waals surface area contributed by atoms with Crippen LogP contribution in [0, 0.1) is 0 Å². The number of piperidine rings is 1. The highest BCUT2D eigenvalue weighted by Gasteiger charge is 2.29. The molecule has 0 spiro atoms. The van der Waals surface area contributed by atoms with Gasteiger partial charge < -0.3 is 19.3 Å². The third-order valence-corrected chi connectivity index (χ3v) is 7.47. The third kappa shape index (κ3) is 6.15. The van der Waals surface area contributed by atoms with Crippen LogP contribution in [-0.2, 0) is 16.1 Å². The highest BCUT2D eigenvalue weighted by molar-refractivity contribution is 7.09. The summed E-state index contributed by atoms with van der Waals surface area (Å²) in [6.07, 6.45) is 5.39. The quantitative estimate of drug-likeness (QED) is 0.559. The summed E-state index contributed by atoms with van der Waals surface area (Å²) < 4.78 is 11.6. The first-order valence-corrected chi connectivity index (χ1v) is 12.9. The Hall–Kier alpha value is -2.38. The normalized spacial score (nSPS) is 22.8. The molecule has 2 saturated heterocycles. The van der Waals surface area contributed by atoms with E-state index in [0.29, 0.717) is 24.4 Å². The third-order valence-electron chi connectivity index (χ3n) is 6.61. The van der Waals surface area contributed by atoms with E-state index >= 15 is 0 Å². The summed E-state index contributed by atoms with van der Waals surface area (Å²) in [5.41, 5.74) is 0.613. The average Bonchev–Trinajstić information content (AvgIpc) is 3.51. The standard InChI is InChI=1S/C26H34N2O4S/c1-19-6-3-7-20(2)28(19)25(29)18-32-22-12-10-21(11-13-22)26(30)27(16-23-8-4-14-31-23)17-24-9-5-15-33-24/h5,9-13,15,19-20,23H,3-4,6-8,14,16-18H2,1-2H3. The second-order valence-electron chi connectivity index (χ2n) is 9.14. The predicted molar refractivity (Wildman–Crippen MR) is 130 cm³/mol. The fraction of sp³-hybridized carbons (Fsp3) is 0.538. The van der Waals surface area contributed by atoms with Crippen molar-refractivity contribution in [1.82, 2.24) is 9.80 Å². The number of nitrogens with zero attached hydrogens (tertiary/aromatic N) is 2. The summed E-state index contributed by atoms with van der Waals surface area (Å²) in [6, 6.07) is 11.7. The Morgan fingerprint density at radius 3 is 2.48 bits per heavy atom. The van der Waals surface area contributed by atoms with Crippen molar-refractivity contribution < 1.29 is 19.1 Å². The number of hydrogen-bond acceptors (Lipinski definition) is 5. The molecule has 0 bridgehead atoms. The van der Waals surface area contributed by atoms with Gasteiger partial charge in [-0.3, -0.25) is 9.59 Å². The maximum Gasteiger partial charge on any atom is 0.260 e. The van der Waals surface area contributed by atoms with Crippen LogP contribution >= 0.6 is 11.3 Å². The van der Waals surface area contributed by atoms with Crippen LogP contribution in [-0.4, -0.2) is 59.6 Å². The summed E-state index contributed by atoms with van der Waals surface area (Å²) >= 11 is 1.65. The van der Waals surface area contributed by atoms with Crippen LogP contribution in [0.2, 0.25) is 0 Å². The first-order valence-electron chi connectivity index (χ1n) is 12.0. The largest absolute Gasteiger partial charge is 0.484 e. The molecule has 2 aromatic rings. The van der Waals surface area contributed by atoms with Crippen LogP contribution in [0.4, 0.5) is 0 Å². The average molecular weight is 471 g/mol. The molecule has 178 valence electrons. The lowest BCUT2D eigenvalue weighted by atomic mass is 9.97. The zero-order chi connectivity index (χ0) is 23.2. The van der Waals surface area contributed by atoms with E-state index in [1.165, 1.54) is 6.42 Å². The molecule has 6 nitrogen and oxygen atoms in total. The first-order chi connectivity index (χ1) is 16.0. The lowest BCUT2D eigenvalue weighted by Gasteiger charge is -2.38. The molecule has 1 aromatic heterocycles. The second-order valence-corrected chi connectivity index (χ2v) is 10.2. The van der Waals surface area contributed by atoms with Crippen LogP contribution in [0.25, 0.3) is 0 Å². The van der Waals surface area contributed by atoms with Crippen molar-refractivity contribution in [2.45, 2.75) is 70.7 Å². The van der Waals surface area contributed by atoms with Crippen LogP contribution in [0.1, 0.15) is 61.2 Å². The molecule has 3 unspecified atom stereocenters. The molecule has 0 radical (unpaired) electrons. The van der Waals surface area contributed by atoms with Crippen molar-refractivity contribution in [1.29, 1.82) is 0 Å². The molecule has 4 rings (SSSR count). The molecule has 3 heterocycles. The monoisotopic (exact) mass is 470 g/mol. The van der Waals surface area contributed by atoms with Gasteiger partial charge in [0.1, 0.15) is 5.75 Å². The molecule has 2 aliphatic heterocycles. The van der Waals surface area contributed by atoms with E-state index in [1.807, 2.05) is 21.2 Å². The van der Waals surface area contributed by atoms with Gasteiger partial charge in [-0.15, -0.1) is 11.3 Å². The summed E-state index contributed by atoms with van der Waals surface area (Å²) in [5.74, 6) is 0.604. The van der Waals surface area contributed by atoms with Crippen molar-refractivity contribution in [2.24, 2.45) is 0 Å². The minimum absolute atomic E-state index is 0.0162. The molecule has 3 atom stereocenters. The van der Waals surface area contributed by atoms with Gasteiger partial charge in [-0.25, -0.2) is 0 Å². The number of thiophene rings is 1. The molecule has 2 aliphatic rings. The lowest BCUT2D eigenvalue weighted by Crippen LogP contribution is -2.49. The summed E-state index contributed by atoms with van der Waals surface area (Å²) in [7, 11) is 0. The van der Waals surface area contributed by atoms with Gasteiger partial charge in [0.2, 0.25) is 0 Å². The molecular formula is C26H34N2O4S. The molecule has 1 aromatic carbocycles. The Morgan fingerprint density at radius 2 is 1.85 bits per heavy atom. The van der Waals surface area contributed by atoms with Gasteiger partial charge in [0.15, 0.2) is 6.61 Å². The molecule has 7 heteroatoms. The van der Waals surface area contributed by atoms with Crippen LogP contribution in [0.5, 0.6) is 5.75 Å². The van der Waals surface area contributed by atoms with Gasteiger partial charge >= 0.3 is 0 Å². The number of carbonyl (C=O) groups is 2. The van der Waals surface area contributed by atoms with Crippen LogP contribution < -0.4 is 4.74 Å². The topological polar surface area (TPSA) is 59.1 Å². The molecule has 0 N–H and O–H groups in total. The van der Waals surface area contributed by atoms with E-state index in [-0.39, 0.29) is 36.6 Å². The summed E-state index contributed by atoms with van der Waals surface area (Å²) in [6.45, 7) is 6.17. The van der Waals surface area contributed by atoms with Crippen LogP contribution in [0.3, 0.4) is 0 Å². The van der Waals surface area contributed by atoms with Crippen LogP contribution in [0.15, 0.2) is 41.8 Å². The fourth-order valence-electron chi connectivity index (χ4n) is 4.85. The Kier molecular flexibility index (Phi) is 8.04. The van der Waals surface area contributed by atoms with Crippen molar-refractivity contribution in [3.63, 3.8) is 0 Å². The van der Waals surface area contributed by atoms with Gasteiger partial charge in [0, 0.05) is 35.7 Å². The van der Waals surface area contributed by atoms with E-state index in [4.69, 9.17) is 9.47 Å².